The van der Waals surface area contributed by atoms with Crippen LogP contribution >= 0.6 is 0 Å². The first-order chi connectivity index (χ1) is 17.8. The average Bonchev–Trinajstić information content (AvgIpc) is 3.27. The third-order valence-electron chi connectivity index (χ3n) is 6.80. The Balaban J connectivity index is 2.09. The summed E-state index contributed by atoms with van der Waals surface area (Å²) < 4.78 is 11.7. The van der Waals surface area contributed by atoms with Crippen molar-refractivity contribution >= 4 is 11.8 Å². The van der Waals surface area contributed by atoms with Crippen LogP contribution in [0.5, 0.6) is 11.5 Å². The van der Waals surface area contributed by atoms with Gasteiger partial charge in [-0.1, -0.05) is 31.8 Å². The van der Waals surface area contributed by atoms with Gasteiger partial charge in [-0.25, -0.2) is 0 Å². The molecule has 204 valence electrons. The summed E-state index contributed by atoms with van der Waals surface area (Å²) in [7, 11) is 1.49. The Morgan fingerprint density at radius 1 is 1.19 bits per heavy atom. The van der Waals surface area contributed by atoms with E-state index in [0.717, 1.165) is 31.3 Å². The van der Waals surface area contributed by atoms with Crippen LogP contribution in [0.1, 0.15) is 63.5 Å². The highest BCUT2D eigenvalue weighted by Crippen LogP contribution is 2.51. The van der Waals surface area contributed by atoms with E-state index >= 15 is 0 Å². The van der Waals surface area contributed by atoms with Gasteiger partial charge in [0.1, 0.15) is 12.2 Å². The average molecular weight is 517 g/mol. The number of benzene rings is 1. The van der Waals surface area contributed by atoms with Crippen LogP contribution in [0.4, 0.5) is 0 Å². The number of nitrogens with zero attached hydrogens (tertiary/aromatic N) is 1. The fourth-order valence-electron chi connectivity index (χ4n) is 5.06. The molecular formula is C28H40N2O7. The molecule has 2 aliphatic rings. The lowest BCUT2D eigenvalue weighted by atomic mass is 9.77. The van der Waals surface area contributed by atoms with Gasteiger partial charge >= 0.3 is 0 Å². The third-order valence-corrected chi connectivity index (χ3v) is 6.80. The van der Waals surface area contributed by atoms with Crippen molar-refractivity contribution in [1.82, 2.24) is 10.2 Å². The van der Waals surface area contributed by atoms with Gasteiger partial charge in [-0.3, -0.25) is 9.59 Å². The first-order valence-corrected chi connectivity index (χ1v) is 13.0. The number of methoxy groups -OCH3 is 1. The number of aliphatic hydroxyl groups excluding tert-OH is 3. The predicted molar refractivity (Wildman–Crippen MR) is 139 cm³/mol. The molecule has 0 bridgehead atoms. The van der Waals surface area contributed by atoms with E-state index in [1.54, 1.807) is 29.2 Å². The summed E-state index contributed by atoms with van der Waals surface area (Å²) in [6, 6.07) is 2.62. The normalized spacial score (nSPS) is 21.8. The summed E-state index contributed by atoms with van der Waals surface area (Å²) in [5.41, 5.74) is 2.39. The molecule has 9 heteroatoms. The predicted octanol–water partition coefficient (Wildman–Crippen LogP) is 2.19. The molecule has 1 aliphatic heterocycles. The number of unbranched alkanes of at least 4 members (excludes halogenated alkanes) is 3. The minimum absolute atomic E-state index is 0.0614. The van der Waals surface area contributed by atoms with Crippen LogP contribution in [-0.2, 0) is 16.2 Å². The Morgan fingerprint density at radius 2 is 1.95 bits per heavy atom. The second kappa shape index (κ2) is 13.1. The van der Waals surface area contributed by atoms with Crippen LogP contribution < -0.4 is 14.8 Å². The molecule has 4 atom stereocenters. The number of nitrogens with one attached hydrogen (secondary N) is 1. The number of amides is 2. The number of hydrogen-bond acceptors (Lipinski definition) is 7. The topological polar surface area (TPSA) is 129 Å². The van der Waals surface area contributed by atoms with Gasteiger partial charge in [0, 0.05) is 30.3 Å². The second-order valence-corrected chi connectivity index (χ2v) is 9.83. The quantitative estimate of drug-likeness (QED) is 0.248. The highest BCUT2D eigenvalue weighted by atomic mass is 16.5. The van der Waals surface area contributed by atoms with Crippen molar-refractivity contribution in [2.45, 2.75) is 77.2 Å². The number of carbonyl (C=O) groups is 2. The molecule has 0 radical (unpaired) electrons. The molecule has 9 nitrogen and oxygen atoms in total. The first-order valence-electron chi connectivity index (χ1n) is 13.0. The summed E-state index contributed by atoms with van der Waals surface area (Å²) in [6.07, 6.45) is 5.04. The molecule has 4 unspecified atom stereocenters. The van der Waals surface area contributed by atoms with Crippen LogP contribution in [0.3, 0.4) is 0 Å². The van der Waals surface area contributed by atoms with Gasteiger partial charge < -0.3 is 35.0 Å². The smallest absolute Gasteiger partial charge is 0.247 e. The molecule has 1 heterocycles. The van der Waals surface area contributed by atoms with Crippen molar-refractivity contribution in [2.24, 2.45) is 0 Å². The Hall–Kier alpha value is -2.88. The van der Waals surface area contributed by atoms with E-state index in [-0.39, 0.29) is 25.7 Å². The van der Waals surface area contributed by atoms with Gasteiger partial charge in [0.15, 0.2) is 11.5 Å². The van der Waals surface area contributed by atoms with E-state index in [9.17, 15) is 24.9 Å². The standard InChI is InChI=1S/C28H40N2O7/c1-5-6-7-8-10-30(23(33)12-17(2)3)21-15-20(28(35)29-9-11-31)24-19-13-18(16-32)14-22(36-4)26(19)37-27(24)25(21)34/h12-15,21,24-25,27,31-32,34H,5-11,16H2,1-4H3,(H,29,35). The van der Waals surface area contributed by atoms with E-state index in [1.807, 2.05) is 13.8 Å². The maximum absolute atomic E-state index is 13.3. The molecule has 0 fully saturated rings. The van der Waals surface area contributed by atoms with E-state index in [2.05, 4.69) is 12.2 Å². The molecule has 3 rings (SSSR count). The largest absolute Gasteiger partial charge is 0.493 e. The lowest BCUT2D eigenvalue weighted by Gasteiger charge is -2.40. The number of ether oxygens (including phenoxy) is 2. The van der Waals surface area contributed by atoms with Crippen LogP contribution in [0.25, 0.3) is 0 Å². The summed E-state index contributed by atoms with van der Waals surface area (Å²) >= 11 is 0. The molecule has 37 heavy (non-hydrogen) atoms. The minimum atomic E-state index is -1.12. The Bertz CT molecular complexity index is 1030. The summed E-state index contributed by atoms with van der Waals surface area (Å²) in [5, 5.41) is 33.3. The molecular weight excluding hydrogens is 476 g/mol. The fourth-order valence-corrected chi connectivity index (χ4v) is 5.06. The summed E-state index contributed by atoms with van der Waals surface area (Å²) in [5.74, 6) is -0.486. The number of carbonyl (C=O) groups excluding carboxylic acids is 2. The van der Waals surface area contributed by atoms with Crippen LogP contribution in [-0.4, -0.2) is 77.1 Å². The molecule has 0 spiro atoms. The lowest BCUT2D eigenvalue weighted by Crippen LogP contribution is -2.55. The van der Waals surface area contributed by atoms with Gasteiger partial charge in [-0.05, 0) is 44.0 Å². The van der Waals surface area contributed by atoms with Crippen molar-refractivity contribution < 1.29 is 34.4 Å². The fraction of sp³-hybridized carbons (Fsp3) is 0.571. The van der Waals surface area contributed by atoms with Gasteiger partial charge in [0.2, 0.25) is 11.8 Å². The van der Waals surface area contributed by atoms with Crippen LogP contribution in [0.2, 0.25) is 0 Å². The van der Waals surface area contributed by atoms with Gasteiger partial charge in [0.25, 0.3) is 0 Å². The van der Waals surface area contributed by atoms with Crippen molar-refractivity contribution in [3.8, 4) is 11.5 Å². The van der Waals surface area contributed by atoms with Crippen molar-refractivity contribution in [3.05, 3.63) is 46.6 Å². The zero-order valence-electron chi connectivity index (χ0n) is 22.2. The number of aliphatic hydroxyl groups is 3. The number of allylic oxidation sites excluding steroid dienone is 1. The van der Waals surface area contributed by atoms with Gasteiger partial charge in [-0.15, -0.1) is 0 Å². The molecule has 1 aromatic carbocycles. The summed E-state index contributed by atoms with van der Waals surface area (Å²) in [4.78, 5) is 28.2. The van der Waals surface area contributed by atoms with E-state index < -0.39 is 30.1 Å². The first kappa shape index (κ1) is 28.7. The molecule has 0 saturated carbocycles. The Labute approximate surface area is 218 Å². The third kappa shape index (κ3) is 6.34. The molecule has 1 aromatic rings. The zero-order valence-corrected chi connectivity index (χ0v) is 22.2. The molecule has 0 aromatic heterocycles. The van der Waals surface area contributed by atoms with Crippen molar-refractivity contribution in [3.63, 3.8) is 0 Å². The highest BCUT2D eigenvalue weighted by molar-refractivity contribution is 5.96. The number of rotatable bonds is 12. The SMILES string of the molecule is CCCCCCN(C(=O)C=C(C)C)C1C=C(C(=O)NCCO)C2c3cc(CO)cc(OC)c3OC2C1O. The van der Waals surface area contributed by atoms with E-state index in [0.29, 0.717) is 34.7 Å². The van der Waals surface area contributed by atoms with Crippen molar-refractivity contribution in [2.75, 3.05) is 26.8 Å². The zero-order chi connectivity index (χ0) is 27.1. The lowest BCUT2D eigenvalue weighted by molar-refractivity contribution is -0.132. The van der Waals surface area contributed by atoms with Gasteiger partial charge in [-0.2, -0.15) is 0 Å². The van der Waals surface area contributed by atoms with Crippen LogP contribution in [0.15, 0.2) is 35.4 Å². The van der Waals surface area contributed by atoms with Gasteiger partial charge in [0.05, 0.1) is 32.3 Å². The van der Waals surface area contributed by atoms with Crippen molar-refractivity contribution in [1.29, 1.82) is 0 Å². The monoisotopic (exact) mass is 516 g/mol. The maximum Gasteiger partial charge on any atom is 0.247 e. The summed E-state index contributed by atoms with van der Waals surface area (Å²) in [6.45, 7) is 5.82. The molecule has 1 aliphatic carbocycles. The molecule has 2 amide bonds. The van der Waals surface area contributed by atoms with E-state index in [1.165, 1.54) is 7.11 Å². The van der Waals surface area contributed by atoms with Crippen LogP contribution in [0, 0.1) is 0 Å². The Kier molecular flexibility index (Phi) is 10.1. The Morgan fingerprint density at radius 3 is 2.57 bits per heavy atom. The highest BCUT2D eigenvalue weighted by Gasteiger charge is 2.51. The molecule has 0 saturated heterocycles. The number of fused-ring (bicyclic) bond motifs is 3. The minimum Gasteiger partial charge on any atom is -0.493 e. The van der Waals surface area contributed by atoms with E-state index in [4.69, 9.17) is 9.47 Å². The second-order valence-electron chi connectivity index (χ2n) is 9.83. The maximum atomic E-state index is 13.3. The number of hydrogen-bond donors (Lipinski definition) is 4. The molecule has 4 N–H and O–H groups in total.